The standard InChI is InChI=1S/C23H28BrNS/c1-16(2)14-21-22(26-23(3,4)5)19-8-6-7-9-20(19)25(21)15-17-10-12-18(24)13-11-17/h6-13,16H,14-15H2,1-5H3. The van der Waals surface area contributed by atoms with Crippen LogP contribution in [0.15, 0.2) is 57.9 Å². The second-order valence-corrected chi connectivity index (χ2v) is 11.1. The van der Waals surface area contributed by atoms with Crippen molar-refractivity contribution in [2.45, 2.75) is 57.2 Å². The van der Waals surface area contributed by atoms with E-state index < -0.39 is 0 Å². The van der Waals surface area contributed by atoms with Gasteiger partial charge in [-0.1, -0.05) is 80.9 Å². The first-order chi connectivity index (χ1) is 12.2. The maximum absolute atomic E-state index is 3.54. The van der Waals surface area contributed by atoms with Gasteiger partial charge in [0, 0.05) is 37.3 Å². The summed E-state index contributed by atoms with van der Waals surface area (Å²) in [5.41, 5.74) is 4.16. The van der Waals surface area contributed by atoms with Crippen molar-refractivity contribution in [2.24, 2.45) is 5.92 Å². The zero-order valence-electron chi connectivity index (χ0n) is 16.3. The maximum atomic E-state index is 3.54. The van der Waals surface area contributed by atoms with Gasteiger partial charge in [-0.05, 0) is 36.1 Å². The predicted octanol–water partition coefficient (Wildman–Crippen LogP) is 7.54. The summed E-state index contributed by atoms with van der Waals surface area (Å²) in [6.45, 7) is 12.5. The summed E-state index contributed by atoms with van der Waals surface area (Å²) < 4.78 is 3.86. The molecule has 0 N–H and O–H groups in total. The highest BCUT2D eigenvalue weighted by atomic mass is 79.9. The molecule has 0 fully saturated rings. The largest absolute Gasteiger partial charge is 0.339 e. The van der Waals surface area contributed by atoms with Crippen molar-refractivity contribution >= 4 is 38.6 Å². The summed E-state index contributed by atoms with van der Waals surface area (Å²) in [5.74, 6) is 0.627. The third-order valence-electron chi connectivity index (χ3n) is 4.29. The number of aromatic nitrogens is 1. The molecule has 0 radical (unpaired) electrons. The zero-order chi connectivity index (χ0) is 18.9. The minimum Gasteiger partial charge on any atom is -0.339 e. The molecule has 3 aromatic rings. The van der Waals surface area contributed by atoms with E-state index in [0.717, 1.165) is 17.4 Å². The summed E-state index contributed by atoms with van der Waals surface area (Å²) >= 11 is 5.55. The Morgan fingerprint density at radius 2 is 1.65 bits per heavy atom. The Morgan fingerprint density at radius 3 is 2.27 bits per heavy atom. The van der Waals surface area contributed by atoms with Crippen LogP contribution in [0.2, 0.25) is 0 Å². The second kappa shape index (κ2) is 7.82. The Morgan fingerprint density at radius 1 is 1.00 bits per heavy atom. The van der Waals surface area contributed by atoms with E-state index in [0.29, 0.717) is 5.92 Å². The third-order valence-corrected chi connectivity index (χ3v) is 6.09. The lowest BCUT2D eigenvalue weighted by molar-refractivity contribution is 0.600. The fourth-order valence-electron chi connectivity index (χ4n) is 3.29. The van der Waals surface area contributed by atoms with E-state index in [1.54, 1.807) is 0 Å². The topological polar surface area (TPSA) is 4.93 Å². The number of para-hydroxylation sites is 1. The van der Waals surface area contributed by atoms with E-state index in [4.69, 9.17) is 0 Å². The predicted molar refractivity (Wildman–Crippen MR) is 119 cm³/mol. The van der Waals surface area contributed by atoms with Gasteiger partial charge in [-0.15, -0.1) is 11.8 Å². The normalized spacial score (nSPS) is 12.3. The van der Waals surface area contributed by atoms with Gasteiger partial charge in [0.2, 0.25) is 0 Å². The van der Waals surface area contributed by atoms with Crippen LogP contribution in [0.25, 0.3) is 10.9 Å². The van der Waals surface area contributed by atoms with E-state index in [-0.39, 0.29) is 4.75 Å². The molecule has 0 atom stereocenters. The van der Waals surface area contributed by atoms with Crippen molar-refractivity contribution in [3.63, 3.8) is 0 Å². The van der Waals surface area contributed by atoms with Crippen LogP contribution in [0.3, 0.4) is 0 Å². The number of hydrogen-bond acceptors (Lipinski definition) is 1. The van der Waals surface area contributed by atoms with E-state index in [1.165, 1.54) is 27.1 Å². The third kappa shape index (κ3) is 4.55. The molecule has 0 aliphatic carbocycles. The number of benzene rings is 2. The Balaban J connectivity index is 2.17. The average molecular weight is 430 g/mol. The van der Waals surface area contributed by atoms with Crippen molar-refractivity contribution in [3.05, 3.63) is 64.3 Å². The number of fused-ring (bicyclic) bond motifs is 1. The summed E-state index contributed by atoms with van der Waals surface area (Å²) in [7, 11) is 0. The second-order valence-electron chi connectivity index (χ2n) is 8.32. The molecule has 26 heavy (non-hydrogen) atoms. The molecule has 1 aromatic heterocycles. The zero-order valence-corrected chi connectivity index (χ0v) is 18.7. The summed E-state index contributed by atoms with van der Waals surface area (Å²) in [6.07, 6.45) is 1.10. The number of halogens is 1. The molecule has 2 aromatic carbocycles. The molecule has 1 heterocycles. The van der Waals surface area contributed by atoms with E-state index in [9.17, 15) is 0 Å². The van der Waals surface area contributed by atoms with E-state index in [1.807, 2.05) is 11.8 Å². The van der Waals surface area contributed by atoms with Gasteiger partial charge in [0.05, 0.1) is 0 Å². The van der Waals surface area contributed by atoms with Crippen LogP contribution in [0.5, 0.6) is 0 Å². The van der Waals surface area contributed by atoms with Gasteiger partial charge in [-0.3, -0.25) is 0 Å². The Hall–Kier alpha value is -1.19. The highest BCUT2D eigenvalue weighted by Crippen LogP contribution is 2.42. The maximum Gasteiger partial charge on any atom is 0.0497 e. The molecule has 138 valence electrons. The minimum absolute atomic E-state index is 0.193. The smallest absolute Gasteiger partial charge is 0.0497 e. The number of rotatable bonds is 5. The molecule has 0 amide bonds. The summed E-state index contributed by atoms with van der Waals surface area (Å²) in [5, 5.41) is 1.39. The van der Waals surface area contributed by atoms with Gasteiger partial charge in [0.1, 0.15) is 0 Å². The minimum atomic E-state index is 0.193. The van der Waals surface area contributed by atoms with Crippen LogP contribution in [0.4, 0.5) is 0 Å². The Kier molecular flexibility index (Phi) is 5.88. The van der Waals surface area contributed by atoms with Crippen LogP contribution >= 0.6 is 27.7 Å². The van der Waals surface area contributed by atoms with Crippen LogP contribution in [0.1, 0.15) is 45.9 Å². The summed E-state index contributed by atoms with van der Waals surface area (Å²) in [4.78, 5) is 1.46. The van der Waals surface area contributed by atoms with Crippen LogP contribution in [0, 0.1) is 5.92 Å². The summed E-state index contributed by atoms with van der Waals surface area (Å²) in [6, 6.07) is 17.6. The lowest BCUT2D eigenvalue weighted by Crippen LogP contribution is -2.11. The van der Waals surface area contributed by atoms with E-state index in [2.05, 4.69) is 104 Å². The van der Waals surface area contributed by atoms with Crippen LogP contribution < -0.4 is 0 Å². The van der Waals surface area contributed by atoms with Gasteiger partial charge >= 0.3 is 0 Å². The monoisotopic (exact) mass is 429 g/mol. The Labute approximate surface area is 170 Å². The van der Waals surface area contributed by atoms with Gasteiger partial charge in [-0.25, -0.2) is 0 Å². The van der Waals surface area contributed by atoms with Crippen LogP contribution in [-0.4, -0.2) is 9.31 Å². The molecule has 0 saturated heterocycles. The van der Waals surface area contributed by atoms with E-state index >= 15 is 0 Å². The fraction of sp³-hybridized carbons (Fsp3) is 0.391. The molecule has 3 rings (SSSR count). The molecule has 3 heteroatoms. The quantitative estimate of drug-likeness (QED) is 0.379. The highest BCUT2D eigenvalue weighted by Gasteiger charge is 2.23. The first-order valence-electron chi connectivity index (χ1n) is 9.28. The first kappa shape index (κ1) is 19.6. The molecular formula is C23H28BrNS. The Bertz CT molecular complexity index is 885. The SMILES string of the molecule is CC(C)Cc1c(SC(C)(C)C)c2ccccc2n1Cc1ccc(Br)cc1. The van der Waals surface area contributed by atoms with Gasteiger partial charge < -0.3 is 4.57 Å². The molecular weight excluding hydrogens is 402 g/mol. The number of hydrogen-bond donors (Lipinski definition) is 0. The molecule has 0 aliphatic rings. The molecule has 0 saturated carbocycles. The van der Waals surface area contributed by atoms with Crippen molar-refractivity contribution in [2.75, 3.05) is 0 Å². The van der Waals surface area contributed by atoms with Crippen molar-refractivity contribution in [3.8, 4) is 0 Å². The van der Waals surface area contributed by atoms with Crippen LogP contribution in [-0.2, 0) is 13.0 Å². The van der Waals surface area contributed by atoms with Gasteiger partial charge in [-0.2, -0.15) is 0 Å². The number of thioether (sulfide) groups is 1. The number of nitrogens with zero attached hydrogens (tertiary/aromatic N) is 1. The lowest BCUT2D eigenvalue weighted by Gasteiger charge is -2.20. The van der Waals surface area contributed by atoms with Crippen molar-refractivity contribution in [1.29, 1.82) is 0 Å². The molecule has 1 nitrogen and oxygen atoms in total. The van der Waals surface area contributed by atoms with Gasteiger partial charge in [0.25, 0.3) is 0 Å². The average Bonchev–Trinajstić information content (AvgIpc) is 2.82. The van der Waals surface area contributed by atoms with Crippen molar-refractivity contribution in [1.82, 2.24) is 4.57 Å². The molecule has 0 aliphatic heterocycles. The lowest BCUT2D eigenvalue weighted by atomic mass is 10.1. The van der Waals surface area contributed by atoms with Crippen molar-refractivity contribution < 1.29 is 0 Å². The van der Waals surface area contributed by atoms with Gasteiger partial charge in [0.15, 0.2) is 0 Å². The molecule has 0 unspecified atom stereocenters. The molecule has 0 bridgehead atoms. The molecule has 0 spiro atoms. The first-order valence-corrected chi connectivity index (χ1v) is 10.9. The fourth-order valence-corrected chi connectivity index (χ4v) is 4.76. The highest BCUT2D eigenvalue weighted by molar-refractivity contribution is 9.10.